The highest BCUT2D eigenvalue weighted by Gasteiger charge is 2.07. The van der Waals surface area contributed by atoms with Gasteiger partial charge in [-0.15, -0.1) is 0 Å². The molecule has 0 spiro atoms. The van der Waals surface area contributed by atoms with Crippen LogP contribution in [0.15, 0.2) is 0 Å². The van der Waals surface area contributed by atoms with Crippen molar-refractivity contribution in [3.63, 3.8) is 0 Å². The van der Waals surface area contributed by atoms with Gasteiger partial charge in [0.1, 0.15) is 0 Å². The summed E-state index contributed by atoms with van der Waals surface area (Å²) in [5.74, 6) is 0. The van der Waals surface area contributed by atoms with E-state index in [1.807, 2.05) is 6.92 Å². The van der Waals surface area contributed by atoms with E-state index in [2.05, 4.69) is 5.32 Å². The molecule has 0 saturated carbocycles. The Balaban J connectivity index is 3.71. The van der Waals surface area contributed by atoms with Gasteiger partial charge in [-0.25, -0.2) is 0 Å². The first kappa shape index (κ1) is 9.36. The van der Waals surface area contributed by atoms with Crippen molar-refractivity contribution in [2.45, 2.75) is 25.8 Å². The van der Waals surface area contributed by atoms with E-state index in [-0.39, 0.29) is 6.04 Å². The van der Waals surface area contributed by atoms with Gasteiger partial charge in [-0.05, 0) is 6.42 Å². The third-order valence-corrected chi connectivity index (χ3v) is 1.47. The monoisotopic (exact) mass is 160 g/mol. The van der Waals surface area contributed by atoms with Crippen molar-refractivity contribution < 1.29 is 4.79 Å². The molecule has 0 aliphatic rings. The highest BCUT2D eigenvalue weighted by Crippen LogP contribution is 1.94. The lowest BCUT2D eigenvalue weighted by Crippen LogP contribution is -2.39. The molecule has 0 heterocycles. The standard InChI is InChI=1S/C6H12N2OS/c1-2-3-5(6(7)10)8-4-9/h4-5H,2-3H2,1H3,(H2,7,10)(H,8,9). The van der Waals surface area contributed by atoms with Gasteiger partial charge in [-0.2, -0.15) is 0 Å². The summed E-state index contributed by atoms with van der Waals surface area (Å²) >= 11 is 4.70. The normalized spacial score (nSPS) is 12.1. The Labute approximate surface area is 66.0 Å². The lowest BCUT2D eigenvalue weighted by molar-refractivity contribution is -0.109. The third kappa shape index (κ3) is 3.40. The Morgan fingerprint density at radius 1 is 1.90 bits per heavy atom. The SMILES string of the molecule is CCCC(NC=O)C(N)=S. The molecular weight excluding hydrogens is 148 g/mol. The molecule has 0 aliphatic heterocycles. The van der Waals surface area contributed by atoms with Crippen molar-refractivity contribution in [3.05, 3.63) is 0 Å². The number of carbonyl (C=O) groups is 1. The van der Waals surface area contributed by atoms with E-state index in [1.54, 1.807) is 0 Å². The fraction of sp³-hybridized carbons (Fsp3) is 0.667. The average molecular weight is 160 g/mol. The van der Waals surface area contributed by atoms with E-state index in [0.717, 1.165) is 12.8 Å². The van der Waals surface area contributed by atoms with Crippen molar-refractivity contribution >= 4 is 23.6 Å². The molecule has 58 valence electrons. The van der Waals surface area contributed by atoms with E-state index in [0.29, 0.717) is 11.4 Å². The molecule has 10 heavy (non-hydrogen) atoms. The second-order valence-electron chi connectivity index (χ2n) is 2.03. The van der Waals surface area contributed by atoms with E-state index < -0.39 is 0 Å². The molecule has 0 radical (unpaired) electrons. The molecule has 0 aromatic rings. The van der Waals surface area contributed by atoms with Gasteiger partial charge in [0, 0.05) is 0 Å². The summed E-state index contributed by atoms with van der Waals surface area (Å²) in [6.45, 7) is 2.01. The topological polar surface area (TPSA) is 55.1 Å². The molecule has 4 heteroatoms. The summed E-state index contributed by atoms with van der Waals surface area (Å²) in [4.78, 5) is 10.3. The number of nitrogens with one attached hydrogen (secondary N) is 1. The van der Waals surface area contributed by atoms with Gasteiger partial charge in [-0.1, -0.05) is 25.6 Å². The molecule has 1 atom stereocenters. The molecule has 0 aliphatic carbocycles. The van der Waals surface area contributed by atoms with Gasteiger partial charge < -0.3 is 11.1 Å². The number of thiocarbonyl (C=S) groups is 1. The second-order valence-corrected chi connectivity index (χ2v) is 2.50. The minimum absolute atomic E-state index is 0.127. The van der Waals surface area contributed by atoms with Gasteiger partial charge in [0.05, 0.1) is 11.0 Å². The van der Waals surface area contributed by atoms with Crippen molar-refractivity contribution in [1.29, 1.82) is 0 Å². The number of amides is 1. The highest BCUT2D eigenvalue weighted by atomic mass is 32.1. The van der Waals surface area contributed by atoms with E-state index in [4.69, 9.17) is 18.0 Å². The molecule has 3 N–H and O–H groups in total. The van der Waals surface area contributed by atoms with Crippen LogP contribution < -0.4 is 11.1 Å². The van der Waals surface area contributed by atoms with Crippen molar-refractivity contribution in [2.24, 2.45) is 5.73 Å². The van der Waals surface area contributed by atoms with Crippen molar-refractivity contribution in [1.82, 2.24) is 5.32 Å². The molecule has 0 saturated heterocycles. The predicted molar refractivity (Wildman–Crippen MR) is 44.7 cm³/mol. The summed E-state index contributed by atoms with van der Waals surface area (Å²) < 4.78 is 0. The fourth-order valence-electron chi connectivity index (χ4n) is 0.679. The van der Waals surface area contributed by atoms with Gasteiger partial charge in [0.2, 0.25) is 6.41 Å². The number of hydrogen-bond acceptors (Lipinski definition) is 2. The summed E-state index contributed by atoms with van der Waals surface area (Å²) in [6, 6.07) is -0.127. The van der Waals surface area contributed by atoms with Crippen LogP contribution in [0, 0.1) is 0 Å². The lowest BCUT2D eigenvalue weighted by atomic mass is 10.2. The van der Waals surface area contributed by atoms with Crippen LogP contribution in [0.1, 0.15) is 19.8 Å². The van der Waals surface area contributed by atoms with Gasteiger partial charge in [0.15, 0.2) is 0 Å². The Morgan fingerprint density at radius 2 is 2.50 bits per heavy atom. The average Bonchev–Trinajstić information content (AvgIpc) is 1.87. The molecule has 0 bridgehead atoms. The van der Waals surface area contributed by atoms with Crippen LogP contribution >= 0.6 is 12.2 Å². The Bertz CT molecular complexity index is 127. The number of carbonyl (C=O) groups excluding carboxylic acids is 1. The summed E-state index contributed by atoms with van der Waals surface area (Å²) in [5, 5.41) is 2.54. The summed E-state index contributed by atoms with van der Waals surface area (Å²) in [7, 11) is 0. The Kier molecular flexibility index (Phi) is 4.84. The van der Waals surface area contributed by atoms with E-state index >= 15 is 0 Å². The minimum Gasteiger partial charge on any atom is -0.392 e. The smallest absolute Gasteiger partial charge is 0.207 e. The molecule has 0 aromatic carbocycles. The molecule has 0 rings (SSSR count). The van der Waals surface area contributed by atoms with Crippen LogP contribution in [0.5, 0.6) is 0 Å². The molecule has 3 nitrogen and oxygen atoms in total. The fourth-order valence-corrected chi connectivity index (χ4v) is 0.864. The lowest BCUT2D eigenvalue weighted by Gasteiger charge is -2.11. The van der Waals surface area contributed by atoms with E-state index in [9.17, 15) is 4.79 Å². The molecule has 1 amide bonds. The van der Waals surface area contributed by atoms with Crippen LogP contribution in [-0.2, 0) is 4.79 Å². The molecule has 0 fully saturated rings. The van der Waals surface area contributed by atoms with Crippen molar-refractivity contribution in [2.75, 3.05) is 0 Å². The van der Waals surface area contributed by atoms with Crippen LogP contribution in [0.4, 0.5) is 0 Å². The van der Waals surface area contributed by atoms with E-state index in [1.165, 1.54) is 0 Å². The number of rotatable bonds is 5. The third-order valence-electron chi connectivity index (χ3n) is 1.19. The van der Waals surface area contributed by atoms with Crippen LogP contribution in [0.3, 0.4) is 0 Å². The quantitative estimate of drug-likeness (QED) is 0.446. The zero-order valence-corrected chi connectivity index (χ0v) is 6.78. The van der Waals surface area contributed by atoms with Crippen LogP contribution in [-0.4, -0.2) is 17.4 Å². The second kappa shape index (κ2) is 5.17. The molecule has 1 unspecified atom stereocenters. The maximum atomic E-state index is 9.97. The van der Waals surface area contributed by atoms with Gasteiger partial charge >= 0.3 is 0 Å². The van der Waals surface area contributed by atoms with Gasteiger partial charge in [-0.3, -0.25) is 4.79 Å². The van der Waals surface area contributed by atoms with Gasteiger partial charge in [0.25, 0.3) is 0 Å². The van der Waals surface area contributed by atoms with Crippen LogP contribution in [0.2, 0.25) is 0 Å². The Morgan fingerprint density at radius 3 is 2.80 bits per heavy atom. The number of nitrogens with two attached hydrogens (primary N) is 1. The minimum atomic E-state index is -0.127. The summed E-state index contributed by atoms with van der Waals surface area (Å²) in [6.07, 6.45) is 2.40. The maximum absolute atomic E-state index is 9.97. The first-order chi connectivity index (χ1) is 4.72. The first-order valence-corrected chi connectivity index (χ1v) is 3.62. The Hall–Kier alpha value is -0.640. The molecular formula is C6H12N2OS. The first-order valence-electron chi connectivity index (χ1n) is 3.21. The summed E-state index contributed by atoms with van der Waals surface area (Å²) in [5.41, 5.74) is 5.32. The van der Waals surface area contributed by atoms with Crippen molar-refractivity contribution in [3.8, 4) is 0 Å². The zero-order chi connectivity index (χ0) is 7.98. The largest absolute Gasteiger partial charge is 0.392 e. The predicted octanol–water partition coefficient (Wildman–Crippen LogP) is 0.187. The highest BCUT2D eigenvalue weighted by molar-refractivity contribution is 7.80. The zero-order valence-electron chi connectivity index (χ0n) is 5.96. The van der Waals surface area contributed by atoms with Crippen LogP contribution in [0.25, 0.3) is 0 Å². The maximum Gasteiger partial charge on any atom is 0.207 e. The number of hydrogen-bond donors (Lipinski definition) is 2. The molecule has 0 aromatic heterocycles.